The van der Waals surface area contributed by atoms with Crippen LogP contribution in [0.4, 0.5) is 0 Å². The molecule has 2 aromatic carbocycles. The number of hydrogen-bond acceptors (Lipinski definition) is 6. The van der Waals surface area contributed by atoms with Gasteiger partial charge in [0.15, 0.2) is 11.6 Å². The van der Waals surface area contributed by atoms with Crippen LogP contribution in [0.25, 0.3) is 22.5 Å². The number of hydrogen-bond donors (Lipinski definition) is 2. The van der Waals surface area contributed by atoms with E-state index in [1.54, 1.807) is 0 Å². The van der Waals surface area contributed by atoms with Crippen molar-refractivity contribution in [3.05, 3.63) is 65.7 Å². The van der Waals surface area contributed by atoms with E-state index < -0.39 is 5.97 Å². The first kappa shape index (κ1) is 20.4. The van der Waals surface area contributed by atoms with Crippen molar-refractivity contribution in [1.29, 1.82) is 0 Å². The summed E-state index contributed by atoms with van der Waals surface area (Å²) >= 11 is 0. The summed E-state index contributed by atoms with van der Waals surface area (Å²) in [4.78, 5) is 15.5. The molecule has 0 radical (unpaired) electrons. The molecule has 9 heteroatoms. The maximum Gasteiger partial charge on any atom is 0.311 e. The lowest BCUT2D eigenvalue weighted by Gasteiger charge is -2.12. The van der Waals surface area contributed by atoms with Crippen molar-refractivity contribution in [2.24, 2.45) is 0 Å². The molecule has 0 saturated heterocycles. The molecular weight excluding hydrogens is 394 g/mol. The van der Waals surface area contributed by atoms with Crippen LogP contribution in [0.3, 0.4) is 0 Å². The summed E-state index contributed by atoms with van der Waals surface area (Å²) in [6.45, 7) is 4.68. The van der Waals surface area contributed by atoms with Crippen molar-refractivity contribution >= 4 is 5.97 Å². The molecule has 2 aromatic heterocycles. The number of aromatic nitrogens is 7. The molecule has 4 rings (SSSR count). The van der Waals surface area contributed by atoms with E-state index in [1.807, 2.05) is 41.1 Å². The molecule has 4 aromatic rings. The third-order valence-electron chi connectivity index (χ3n) is 5.23. The molecule has 0 aliphatic rings. The lowest BCUT2D eigenvalue weighted by atomic mass is 9.98. The smallest absolute Gasteiger partial charge is 0.311 e. The number of carboxylic acids is 1. The van der Waals surface area contributed by atoms with Gasteiger partial charge in [0.05, 0.1) is 6.54 Å². The van der Waals surface area contributed by atoms with E-state index in [1.165, 1.54) is 0 Å². The second-order valence-electron chi connectivity index (χ2n) is 7.42. The van der Waals surface area contributed by atoms with Crippen molar-refractivity contribution in [3.63, 3.8) is 0 Å². The van der Waals surface area contributed by atoms with E-state index in [0.717, 1.165) is 34.5 Å². The van der Waals surface area contributed by atoms with Gasteiger partial charge in [-0.3, -0.25) is 4.79 Å². The second-order valence-corrected chi connectivity index (χ2v) is 7.42. The molecular formula is C22H23N7O2. The number of nitrogens with one attached hydrogen (secondary N) is 1. The number of H-pyrrole nitrogens is 1. The van der Waals surface area contributed by atoms with Crippen LogP contribution in [-0.4, -0.2) is 46.5 Å². The van der Waals surface area contributed by atoms with Gasteiger partial charge >= 0.3 is 5.97 Å². The number of aromatic amines is 1. The Morgan fingerprint density at radius 2 is 1.87 bits per heavy atom. The monoisotopic (exact) mass is 417 g/mol. The van der Waals surface area contributed by atoms with Crippen molar-refractivity contribution in [2.75, 3.05) is 0 Å². The van der Waals surface area contributed by atoms with Crippen LogP contribution >= 0.6 is 0 Å². The van der Waals surface area contributed by atoms with Crippen LogP contribution in [0, 0.1) is 0 Å². The predicted molar refractivity (Wildman–Crippen MR) is 114 cm³/mol. The number of carboxylic acid groups (broad SMARTS) is 1. The zero-order valence-corrected chi connectivity index (χ0v) is 17.4. The summed E-state index contributed by atoms with van der Waals surface area (Å²) in [5.74, 6) is 1.03. The number of tetrazole rings is 1. The van der Waals surface area contributed by atoms with Crippen molar-refractivity contribution in [3.8, 4) is 22.5 Å². The van der Waals surface area contributed by atoms with Gasteiger partial charge in [-0.15, -0.1) is 5.10 Å². The molecule has 31 heavy (non-hydrogen) atoms. The molecule has 0 aliphatic carbocycles. The Morgan fingerprint density at radius 1 is 1.13 bits per heavy atom. The van der Waals surface area contributed by atoms with Crippen LogP contribution in [0.15, 0.2) is 48.5 Å². The highest BCUT2D eigenvalue weighted by molar-refractivity contribution is 5.80. The number of benzene rings is 2. The average molecular weight is 417 g/mol. The lowest BCUT2D eigenvalue weighted by molar-refractivity contribution is -0.136. The summed E-state index contributed by atoms with van der Waals surface area (Å²) in [5.41, 5.74) is 4.05. The van der Waals surface area contributed by atoms with Crippen LogP contribution in [-0.2, 0) is 17.8 Å². The van der Waals surface area contributed by atoms with Crippen LogP contribution in [0.1, 0.15) is 43.4 Å². The first-order chi connectivity index (χ1) is 15.0. The van der Waals surface area contributed by atoms with E-state index >= 15 is 0 Å². The Morgan fingerprint density at radius 3 is 2.52 bits per heavy atom. The summed E-state index contributed by atoms with van der Waals surface area (Å²) in [6.07, 6.45) is 0.722. The molecule has 0 aliphatic heterocycles. The van der Waals surface area contributed by atoms with Gasteiger partial charge in [0, 0.05) is 11.5 Å². The molecule has 1 atom stereocenters. The third kappa shape index (κ3) is 4.50. The predicted octanol–water partition coefficient (Wildman–Crippen LogP) is 3.31. The Balaban J connectivity index is 1.61. The van der Waals surface area contributed by atoms with E-state index in [-0.39, 0.29) is 12.3 Å². The quantitative estimate of drug-likeness (QED) is 0.451. The number of carbonyl (C=O) groups is 1. The maximum atomic E-state index is 11.1. The van der Waals surface area contributed by atoms with E-state index in [2.05, 4.69) is 56.7 Å². The highest BCUT2D eigenvalue weighted by Gasteiger charge is 2.17. The van der Waals surface area contributed by atoms with Gasteiger partial charge in [0.25, 0.3) is 0 Å². The van der Waals surface area contributed by atoms with Gasteiger partial charge < -0.3 is 5.11 Å². The van der Waals surface area contributed by atoms with E-state index in [4.69, 9.17) is 5.11 Å². The zero-order chi connectivity index (χ0) is 21.8. The Bertz CT molecular complexity index is 1170. The molecule has 158 valence electrons. The zero-order valence-electron chi connectivity index (χ0n) is 17.4. The van der Waals surface area contributed by atoms with Crippen LogP contribution in [0.2, 0.25) is 0 Å². The average Bonchev–Trinajstić information content (AvgIpc) is 3.44. The molecule has 0 bridgehead atoms. The molecule has 9 nitrogen and oxygen atoms in total. The summed E-state index contributed by atoms with van der Waals surface area (Å²) in [5, 5.41) is 27.7. The van der Waals surface area contributed by atoms with E-state index in [9.17, 15) is 4.79 Å². The van der Waals surface area contributed by atoms with Crippen LogP contribution in [0.5, 0.6) is 0 Å². The minimum Gasteiger partial charge on any atom is -0.481 e. The molecule has 2 heterocycles. The fourth-order valence-corrected chi connectivity index (χ4v) is 3.45. The fraction of sp³-hybridized carbons (Fsp3) is 0.273. The first-order valence-corrected chi connectivity index (χ1v) is 10.1. The number of aliphatic carboxylic acids is 1. The van der Waals surface area contributed by atoms with Crippen molar-refractivity contribution in [2.45, 2.75) is 39.2 Å². The molecule has 0 saturated carbocycles. The van der Waals surface area contributed by atoms with Crippen molar-refractivity contribution in [1.82, 2.24) is 35.4 Å². The number of nitrogens with zero attached hydrogens (tertiary/aromatic N) is 6. The summed E-state index contributed by atoms with van der Waals surface area (Å²) in [7, 11) is 0. The van der Waals surface area contributed by atoms with Gasteiger partial charge in [-0.2, -0.15) is 5.10 Å². The largest absolute Gasteiger partial charge is 0.481 e. The topological polar surface area (TPSA) is 122 Å². The molecule has 1 unspecified atom stereocenters. The summed E-state index contributed by atoms with van der Waals surface area (Å²) < 4.78 is 1.82. The molecule has 0 spiro atoms. The minimum atomic E-state index is -0.933. The first-order valence-electron chi connectivity index (χ1n) is 10.1. The fourth-order valence-electron chi connectivity index (χ4n) is 3.45. The Hall–Kier alpha value is -3.88. The minimum absolute atomic E-state index is 0.178. The van der Waals surface area contributed by atoms with Crippen molar-refractivity contribution < 1.29 is 9.90 Å². The lowest BCUT2D eigenvalue weighted by Crippen LogP contribution is -2.09. The summed E-state index contributed by atoms with van der Waals surface area (Å²) in [6, 6.07) is 16.1. The standard InChI is InChI=1S/C22H23N7O2/c1-3-14(2)22-23-19(12-20(30)31)26-29(22)13-15-8-10-16(11-9-15)17-6-4-5-7-18(17)21-24-27-28-25-21/h4-11,14H,3,12-13H2,1-2H3,(H,30,31)(H,24,25,27,28). The maximum absolute atomic E-state index is 11.1. The van der Waals surface area contributed by atoms with E-state index in [0.29, 0.717) is 18.2 Å². The third-order valence-corrected chi connectivity index (χ3v) is 5.23. The SMILES string of the molecule is CCC(C)c1nc(CC(=O)O)nn1Cc1ccc(-c2ccccc2-c2nnn[nH]2)cc1. The number of rotatable bonds is 8. The Labute approximate surface area is 179 Å². The van der Waals surface area contributed by atoms with Gasteiger partial charge in [-0.1, -0.05) is 62.4 Å². The second kappa shape index (κ2) is 8.86. The normalized spacial score (nSPS) is 12.1. The molecule has 0 amide bonds. The Kier molecular flexibility index (Phi) is 5.83. The molecule has 0 fully saturated rings. The van der Waals surface area contributed by atoms with Gasteiger partial charge in [0.2, 0.25) is 0 Å². The van der Waals surface area contributed by atoms with Crippen LogP contribution < -0.4 is 0 Å². The van der Waals surface area contributed by atoms with Gasteiger partial charge in [-0.25, -0.2) is 14.8 Å². The highest BCUT2D eigenvalue weighted by Crippen LogP contribution is 2.30. The molecule has 2 N–H and O–H groups in total. The highest BCUT2D eigenvalue weighted by atomic mass is 16.4. The van der Waals surface area contributed by atoms with Gasteiger partial charge in [-0.05, 0) is 33.5 Å². The van der Waals surface area contributed by atoms with Gasteiger partial charge in [0.1, 0.15) is 12.2 Å².